The van der Waals surface area contributed by atoms with Crippen molar-refractivity contribution in [3.05, 3.63) is 53.6 Å². The zero-order chi connectivity index (χ0) is 18.8. The normalized spacial score (nSPS) is 16.8. The van der Waals surface area contributed by atoms with Crippen LogP contribution >= 0.6 is 0 Å². The first kappa shape index (κ1) is 17.8. The summed E-state index contributed by atoms with van der Waals surface area (Å²) in [7, 11) is 0. The van der Waals surface area contributed by atoms with E-state index in [1.54, 1.807) is 6.92 Å². The van der Waals surface area contributed by atoms with Crippen LogP contribution in [-0.4, -0.2) is 36.3 Å². The van der Waals surface area contributed by atoms with E-state index >= 15 is 0 Å². The van der Waals surface area contributed by atoms with E-state index in [0.717, 1.165) is 61.3 Å². The van der Waals surface area contributed by atoms with Crippen molar-refractivity contribution >= 4 is 17.5 Å². The van der Waals surface area contributed by atoms with Gasteiger partial charge in [0.15, 0.2) is 0 Å². The van der Waals surface area contributed by atoms with Crippen LogP contribution in [0.4, 0.5) is 5.69 Å². The van der Waals surface area contributed by atoms with E-state index < -0.39 is 0 Å². The van der Waals surface area contributed by atoms with Gasteiger partial charge in [0.05, 0.1) is 0 Å². The van der Waals surface area contributed by atoms with Gasteiger partial charge in [0.1, 0.15) is 0 Å². The van der Waals surface area contributed by atoms with Crippen LogP contribution in [0.5, 0.6) is 0 Å². The number of amides is 2. The number of anilines is 1. The molecule has 2 aliphatic rings. The van der Waals surface area contributed by atoms with E-state index in [2.05, 4.69) is 12.1 Å². The molecule has 2 heterocycles. The Morgan fingerprint density at radius 3 is 2.15 bits per heavy atom. The number of rotatable bonds is 2. The predicted molar refractivity (Wildman–Crippen MR) is 108 cm³/mol. The molecule has 2 amide bonds. The molecule has 1 saturated heterocycles. The molecule has 0 radical (unpaired) electrons. The molecule has 0 N–H and O–H groups in total. The maximum Gasteiger partial charge on any atom is 0.253 e. The maximum absolute atomic E-state index is 12.7. The van der Waals surface area contributed by atoms with Crippen molar-refractivity contribution in [1.82, 2.24) is 4.90 Å². The van der Waals surface area contributed by atoms with Gasteiger partial charge in [0.25, 0.3) is 5.91 Å². The Kier molecular flexibility index (Phi) is 4.97. The second-order valence-corrected chi connectivity index (χ2v) is 7.55. The number of fused-ring (bicyclic) bond motifs is 1. The number of carbonyl (C=O) groups is 2. The molecule has 0 aromatic heterocycles. The topological polar surface area (TPSA) is 40.6 Å². The Hall–Kier alpha value is -2.62. The highest BCUT2D eigenvalue weighted by molar-refractivity contribution is 5.95. The number of hydrogen-bond donors (Lipinski definition) is 0. The van der Waals surface area contributed by atoms with Crippen LogP contribution in [0.25, 0.3) is 11.1 Å². The van der Waals surface area contributed by atoms with E-state index in [0.29, 0.717) is 0 Å². The summed E-state index contributed by atoms with van der Waals surface area (Å²) in [4.78, 5) is 28.3. The molecular formula is C23H26N2O2. The number of hydrogen-bond acceptors (Lipinski definition) is 2. The summed E-state index contributed by atoms with van der Waals surface area (Å²) in [5.41, 5.74) is 5.25. The molecule has 0 spiro atoms. The van der Waals surface area contributed by atoms with Crippen LogP contribution in [0.15, 0.2) is 42.5 Å². The molecule has 27 heavy (non-hydrogen) atoms. The molecule has 0 saturated carbocycles. The second-order valence-electron chi connectivity index (χ2n) is 7.55. The fraction of sp³-hybridized carbons (Fsp3) is 0.391. The lowest BCUT2D eigenvalue weighted by Crippen LogP contribution is -2.31. The fourth-order valence-corrected chi connectivity index (χ4v) is 4.17. The lowest BCUT2D eigenvalue weighted by Gasteiger charge is -2.20. The smallest absolute Gasteiger partial charge is 0.253 e. The Morgan fingerprint density at radius 2 is 1.48 bits per heavy atom. The van der Waals surface area contributed by atoms with Crippen molar-refractivity contribution in [3.63, 3.8) is 0 Å². The van der Waals surface area contributed by atoms with Gasteiger partial charge in [-0.05, 0) is 60.2 Å². The Labute approximate surface area is 160 Å². The Bertz CT molecular complexity index is 849. The highest BCUT2D eigenvalue weighted by Gasteiger charge is 2.22. The molecule has 140 valence electrons. The van der Waals surface area contributed by atoms with Crippen molar-refractivity contribution < 1.29 is 9.59 Å². The third-order valence-electron chi connectivity index (χ3n) is 5.71. The van der Waals surface area contributed by atoms with Crippen LogP contribution in [0, 0.1) is 0 Å². The van der Waals surface area contributed by atoms with Gasteiger partial charge in [-0.2, -0.15) is 0 Å². The minimum atomic E-state index is 0.0953. The first-order chi connectivity index (χ1) is 13.1. The molecule has 4 nitrogen and oxygen atoms in total. The van der Waals surface area contributed by atoms with Gasteiger partial charge < -0.3 is 9.80 Å². The van der Waals surface area contributed by atoms with E-state index in [-0.39, 0.29) is 11.8 Å². The van der Waals surface area contributed by atoms with Gasteiger partial charge in [-0.25, -0.2) is 0 Å². The molecule has 0 bridgehead atoms. The van der Waals surface area contributed by atoms with Crippen molar-refractivity contribution in [2.24, 2.45) is 0 Å². The van der Waals surface area contributed by atoms with Crippen LogP contribution in [0.1, 0.15) is 48.5 Å². The minimum Gasteiger partial charge on any atom is -0.339 e. The summed E-state index contributed by atoms with van der Waals surface area (Å²) >= 11 is 0. The summed E-state index contributed by atoms with van der Waals surface area (Å²) in [5.74, 6) is 0.243. The monoisotopic (exact) mass is 362 g/mol. The molecule has 4 heteroatoms. The van der Waals surface area contributed by atoms with Crippen molar-refractivity contribution in [2.45, 2.75) is 39.0 Å². The summed E-state index contributed by atoms with van der Waals surface area (Å²) in [6.07, 6.45) is 5.56. The molecule has 4 rings (SSSR count). The van der Waals surface area contributed by atoms with Crippen LogP contribution in [0.3, 0.4) is 0 Å². The quantitative estimate of drug-likeness (QED) is 0.800. The molecule has 2 aromatic rings. The summed E-state index contributed by atoms with van der Waals surface area (Å²) < 4.78 is 0. The molecule has 2 aliphatic heterocycles. The molecule has 1 fully saturated rings. The predicted octanol–water partition coefficient (Wildman–Crippen LogP) is 4.28. The molecule has 0 unspecified atom stereocenters. The van der Waals surface area contributed by atoms with Gasteiger partial charge >= 0.3 is 0 Å². The third kappa shape index (κ3) is 3.61. The fourth-order valence-electron chi connectivity index (χ4n) is 4.17. The summed E-state index contributed by atoms with van der Waals surface area (Å²) in [6.45, 7) is 4.12. The van der Waals surface area contributed by atoms with Gasteiger partial charge in [0.2, 0.25) is 5.91 Å². The number of likely N-dealkylation sites (tertiary alicyclic amines) is 1. The van der Waals surface area contributed by atoms with Crippen LogP contribution < -0.4 is 4.90 Å². The first-order valence-corrected chi connectivity index (χ1v) is 9.94. The maximum atomic E-state index is 12.7. The van der Waals surface area contributed by atoms with Gasteiger partial charge in [-0.15, -0.1) is 0 Å². The number of benzene rings is 2. The summed E-state index contributed by atoms with van der Waals surface area (Å²) in [6, 6.07) is 14.2. The lowest BCUT2D eigenvalue weighted by atomic mass is 10.0. The Balaban J connectivity index is 1.53. The molecule has 0 aliphatic carbocycles. The highest BCUT2D eigenvalue weighted by atomic mass is 16.2. The zero-order valence-electron chi connectivity index (χ0n) is 15.9. The SMILES string of the molecule is CC(=O)N1CCc2cc(-c3ccc(C(=O)N4CCCCCC4)cc3)ccc21. The van der Waals surface area contributed by atoms with Crippen molar-refractivity contribution in [2.75, 3.05) is 24.5 Å². The standard InChI is InChI=1S/C23H26N2O2/c1-17(26)25-15-12-21-16-20(10-11-22(21)25)18-6-8-19(9-7-18)23(27)24-13-4-2-3-5-14-24/h6-11,16H,2-5,12-15H2,1H3. The Morgan fingerprint density at radius 1 is 0.815 bits per heavy atom. The first-order valence-electron chi connectivity index (χ1n) is 9.94. The van der Waals surface area contributed by atoms with Crippen molar-refractivity contribution in [1.29, 1.82) is 0 Å². The number of carbonyl (C=O) groups excluding carboxylic acids is 2. The van der Waals surface area contributed by atoms with Crippen molar-refractivity contribution in [3.8, 4) is 11.1 Å². The zero-order valence-corrected chi connectivity index (χ0v) is 15.9. The molecule has 0 atom stereocenters. The number of nitrogens with zero attached hydrogens (tertiary/aromatic N) is 2. The average molecular weight is 362 g/mol. The molecular weight excluding hydrogens is 336 g/mol. The van der Waals surface area contributed by atoms with Crippen LogP contribution in [-0.2, 0) is 11.2 Å². The van der Waals surface area contributed by atoms with E-state index in [1.807, 2.05) is 40.1 Å². The summed E-state index contributed by atoms with van der Waals surface area (Å²) in [5, 5.41) is 0. The van der Waals surface area contributed by atoms with E-state index in [9.17, 15) is 9.59 Å². The largest absolute Gasteiger partial charge is 0.339 e. The highest BCUT2D eigenvalue weighted by Crippen LogP contribution is 2.32. The second kappa shape index (κ2) is 7.55. The van der Waals surface area contributed by atoms with Crippen LogP contribution in [0.2, 0.25) is 0 Å². The third-order valence-corrected chi connectivity index (χ3v) is 5.71. The molecule has 2 aromatic carbocycles. The van der Waals surface area contributed by atoms with E-state index in [1.165, 1.54) is 18.4 Å². The minimum absolute atomic E-state index is 0.0953. The van der Waals surface area contributed by atoms with E-state index in [4.69, 9.17) is 0 Å². The van der Waals surface area contributed by atoms with Gasteiger partial charge in [0, 0.05) is 37.8 Å². The average Bonchev–Trinajstić information content (AvgIpc) is 2.93. The van der Waals surface area contributed by atoms with Gasteiger partial charge in [-0.1, -0.05) is 31.0 Å². The lowest BCUT2D eigenvalue weighted by molar-refractivity contribution is -0.116. The van der Waals surface area contributed by atoms with Gasteiger partial charge in [-0.3, -0.25) is 9.59 Å².